The van der Waals surface area contributed by atoms with Crippen LogP contribution < -0.4 is 5.73 Å². The molecule has 1 fully saturated rings. The molecule has 108 valence electrons. The van der Waals surface area contributed by atoms with Gasteiger partial charge in [-0.15, -0.1) is 0 Å². The lowest BCUT2D eigenvalue weighted by atomic mass is 9.98. The number of benzene rings is 1. The van der Waals surface area contributed by atoms with Gasteiger partial charge in [0.05, 0.1) is 6.04 Å². The number of carbonyl (C=O) groups excluding carboxylic acids is 1. The number of oxime groups is 1. The van der Waals surface area contributed by atoms with Gasteiger partial charge in [-0.25, -0.2) is 0 Å². The van der Waals surface area contributed by atoms with Crippen molar-refractivity contribution < 1.29 is 10.0 Å². The zero-order chi connectivity index (χ0) is 14.9. The molecule has 1 aromatic rings. The van der Waals surface area contributed by atoms with Crippen LogP contribution >= 0.6 is 0 Å². The van der Waals surface area contributed by atoms with Gasteiger partial charge in [0.1, 0.15) is 0 Å². The fourth-order valence-electron chi connectivity index (χ4n) is 3.04. The van der Waals surface area contributed by atoms with Crippen molar-refractivity contribution in [3.05, 3.63) is 34.4 Å². The monoisotopic (exact) mass is 275 g/mol. The Bertz CT molecular complexity index is 543. The third-order valence-corrected chi connectivity index (χ3v) is 3.86. The zero-order valence-electron chi connectivity index (χ0n) is 12.2. The summed E-state index contributed by atoms with van der Waals surface area (Å²) in [5, 5.41) is 11.9. The first kappa shape index (κ1) is 14.4. The van der Waals surface area contributed by atoms with E-state index < -0.39 is 0 Å². The van der Waals surface area contributed by atoms with E-state index >= 15 is 0 Å². The van der Waals surface area contributed by atoms with E-state index in [1.807, 2.05) is 32.9 Å². The van der Waals surface area contributed by atoms with Crippen molar-refractivity contribution in [2.45, 2.75) is 39.7 Å². The standard InChI is InChI=1S/C15H21N3O2/c1-9-7-10(2)13(11(3)8-9)15(19)18-6-4-5-12(18)14(16)17-20/h7-8,12,20H,4-6H2,1-3H3,(H2,16,17). The van der Waals surface area contributed by atoms with Gasteiger partial charge in [0.2, 0.25) is 0 Å². The summed E-state index contributed by atoms with van der Waals surface area (Å²) in [5.41, 5.74) is 9.51. The topological polar surface area (TPSA) is 78.9 Å². The normalized spacial score (nSPS) is 19.4. The Morgan fingerprint density at radius 1 is 1.35 bits per heavy atom. The molecule has 1 saturated heterocycles. The lowest BCUT2D eigenvalue weighted by Crippen LogP contribution is -2.44. The molecule has 1 heterocycles. The largest absolute Gasteiger partial charge is 0.409 e. The second kappa shape index (κ2) is 5.53. The highest BCUT2D eigenvalue weighted by atomic mass is 16.4. The van der Waals surface area contributed by atoms with Gasteiger partial charge in [0, 0.05) is 12.1 Å². The summed E-state index contributed by atoms with van der Waals surface area (Å²) < 4.78 is 0. The summed E-state index contributed by atoms with van der Waals surface area (Å²) in [7, 11) is 0. The van der Waals surface area contributed by atoms with E-state index in [-0.39, 0.29) is 17.8 Å². The summed E-state index contributed by atoms with van der Waals surface area (Å²) in [4.78, 5) is 14.5. The highest BCUT2D eigenvalue weighted by molar-refractivity contribution is 6.00. The molecule has 0 aromatic heterocycles. The van der Waals surface area contributed by atoms with Crippen LogP contribution in [-0.2, 0) is 0 Å². The Kier molecular flexibility index (Phi) is 3.97. The first-order valence-corrected chi connectivity index (χ1v) is 6.82. The molecule has 20 heavy (non-hydrogen) atoms. The minimum atomic E-state index is -0.299. The van der Waals surface area contributed by atoms with Crippen LogP contribution in [0.15, 0.2) is 17.3 Å². The van der Waals surface area contributed by atoms with Gasteiger partial charge in [-0.3, -0.25) is 4.79 Å². The molecule has 2 rings (SSSR count). The molecule has 0 saturated carbocycles. The minimum absolute atomic E-state index is 0.0332. The molecule has 1 amide bonds. The summed E-state index contributed by atoms with van der Waals surface area (Å²) in [6.45, 7) is 6.55. The molecule has 0 radical (unpaired) electrons. The van der Waals surface area contributed by atoms with Gasteiger partial charge in [0.15, 0.2) is 5.84 Å². The van der Waals surface area contributed by atoms with Gasteiger partial charge in [0.25, 0.3) is 5.91 Å². The molecule has 3 N–H and O–H groups in total. The van der Waals surface area contributed by atoms with Gasteiger partial charge < -0.3 is 15.8 Å². The molecular weight excluding hydrogens is 254 g/mol. The molecule has 1 aliphatic rings. The van der Waals surface area contributed by atoms with Gasteiger partial charge in [-0.05, 0) is 44.7 Å². The number of nitrogens with zero attached hydrogens (tertiary/aromatic N) is 2. The number of aryl methyl sites for hydroxylation is 3. The lowest BCUT2D eigenvalue weighted by molar-refractivity contribution is 0.0766. The van der Waals surface area contributed by atoms with Crippen LogP contribution in [-0.4, -0.2) is 34.4 Å². The van der Waals surface area contributed by atoms with Crippen molar-refractivity contribution >= 4 is 11.7 Å². The average molecular weight is 275 g/mol. The number of rotatable bonds is 2. The van der Waals surface area contributed by atoms with E-state index in [1.165, 1.54) is 0 Å². The van der Waals surface area contributed by atoms with Gasteiger partial charge in [-0.1, -0.05) is 22.9 Å². The molecule has 1 unspecified atom stereocenters. The average Bonchev–Trinajstić information content (AvgIpc) is 2.85. The molecule has 0 aliphatic carbocycles. The fraction of sp³-hybridized carbons (Fsp3) is 0.467. The number of likely N-dealkylation sites (tertiary alicyclic amines) is 1. The van der Waals surface area contributed by atoms with E-state index in [4.69, 9.17) is 10.9 Å². The quantitative estimate of drug-likeness (QED) is 0.375. The molecule has 0 bridgehead atoms. The van der Waals surface area contributed by atoms with Crippen LogP contribution in [0.1, 0.15) is 39.9 Å². The molecule has 0 spiro atoms. The Hall–Kier alpha value is -2.04. The third kappa shape index (κ3) is 2.48. The fourth-order valence-corrected chi connectivity index (χ4v) is 3.04. The summed E-state index contributed by atoms with van der Waals surface area (Å²) in [6.07, 6.45) is 1.61. The van der Waals surface area contributed by atoms with Crippen LogP contribution in [0.3, 0.4) is 0 Å². The van der Waals surface area contributed by atoms with Crippen molar-refractivity contribution in [2.24, 2.45) is 10.9 Å². The minimum Gasteiger partial charge on any atom is -0.409 e. The number of amidine groups is 1. The van der Waals surface area contributed by atoms with Crippen LogP contribution in [0.4, 0.5) is 0 Å². The van der Waals surface area contributed by atoms with E-state index in [9.17, 15) is 4.79 Å². The van der Waals surface area contributed by atoms with Gasteiger partial charge >= 0.3 is 0 Å². The van der Waals surface area contributed by atoms with Crippen molar-refractivity contribution in [2.75, 3.05) is 6.54 Å². The zero-order valence-corrected chi connectivity index (χ0v) is 12.2. The third-order valence-electron chi connectivity index (χ3n) is 3.86. The molecule has 5 heteroatoms. The highest BCUT2D eigenvalue weighted by Crippen LogP contribution is 2.24. The first-order chi connectivity index (χ1) is 9.45. The number of hydrogen-bond acceptors (Lipinski definition) is 3. The number of amides is 1. The second-order valence-corrected chi connectivity index (χ2v) is 5.46. The van der Waals surface area contributed by atoms with Crippen LogP contribution in [0.25, 0.3) is 0 Å². The van der Waals surface area contributed by atoms with E-state index in [0.29, 0.717) is 6.54 Å². The number of hydrogen-bond donors (Lipinski definition) is 2. The van der Waals surface area contributed by atoms with Crippen LogP contribution in [0, 0.1) is 20.8 Å². The predicted molar refractivity (Wildman–Crippen MR) is 78.1 cm³/mol. The summed E-state index contributed by atoms with van der Waals surface area (Å²) in [5.74, 6) is 0.0763. The van der Waals surface area contributed by atoms with Crippen LogP contribution in [0.2, 0.25) is 0 Å². The van der Waals surface area contributed by atoms with Crippen molar-refractivity contribution in [1.82, 2.24) is 4.90 Å². The Morgan fingerprint density at radius 2 is 1.95 bits per heavy atom. The number of nitrogens with two attached hydrogens (primary N) is 1. The Balaban J connectivity index is 2.37. The smallest absolute Gasteiger partial charge is 0.255 e. The molecule has 1 atom stereocenters. The first-order valence-electron chi connectivity index (χ1n) is 6.82. The molecule has 1 aliphatic heterocycles. The van der Waals surface area contributed by atoms with Crippen LogP contribution in [0.5, 0.6) is 0 Å². The molecule has 1 aromatic carbocycles. The lowest BCUT2D eigenvalue weighted by Gasteiger charge is -2.25. The maximum Gasteiger partial charge on any atom is 0.255 e. The van der Waals surface area contributed by atoms with Crippen molar-refractivity contribution in [3.8, 4) is 0 Å². The predicted octanol–water partition coefficient (Wildman–Crippen LogP) is 1.96. The highest BCUT2D eigenvalue weighted by Gasteiger charge is 2.33. The molecule has 5 nitrogen and oxygen atoms in total. The second-order valence-electron chi connectivity index (χ2n) is 5.46. The van der Waals surface area contributed by atoms with Crippen molar-refractivity contribution in [1.29, 1.82) is 0 Å². The Labute approximate surface area is 119 Å². The van der Waals surface area contributed by atoms with Gasteiger partial charge in [-0.2, -0.15) is 0 Å². The van der Waals surface area contributed by atoms with Crippen molar-refractivity contribution in [3.63, 3.8) is 0 Å². The van der Waals surface area contributed by atoms with E-state index in [0.717, 1.165) is 35.1 Å². The summed E-state index contributed by atoms with van der Waals surface area (Å²) >= 11 is 0. The maximum atomic E-state index is 12.8. The Morgan fingerprint density at radius 3 is 2.50 bits per heavy atom. The van der Waals surface area contributed by atoms with E-state index in [1.54, 1.807) is 4.90 Å². The number of carbonyl (C=O) groups is 1. The SMILES string of the molecule is Cc1cc(C)c(C(=O)N2CCCC2C(N)=NO)c(C)c1. The van der Waals surface area contributed by atoms with E-state index in [2.05, 4.69) is 5.16 Å². The summed E-state index contributed by atoms with van der Waals surface area (Å²) in [6, 6.07) is 3.72. The maximum absolute atomic E-state index is 12.8. The molecular formula is C15H21N3O2.